The van der Waals surface area contributed by atoms with E-state index in [1.165, 1.54) is 11.1 Å². The molecule has 0 spiro atoms. The minimum Gasteiger partial charge on any atom is -0.356 e. The maximum Gasteiger partial charge on any atom is 0.221 e. The van der Waals surface area contributed by atoms with Crippen LogP contribution in [0.1, 0.15) is 37.3 Å². The van der Waals surface area contributed by atoms with Gasteiger partial charge in [-0.25, -0.2) is 0 Å². The Morgan fingerprint density at radius 2 is 1.61 bits per heavy atom. The first-order chi connectivity index (χ1) is 13.6. The van der Waals surface area contributed by atoms with E-state index >= 15 is 0 Å². The number of aliphatic imine (C=N–C) groups is 1. The van der Waals surface area contributed by atoms with Gasteiger partial charge in [-0.3, -0.25) is 9.79 Å². The fourth-order valence-corrected chi connectivity index (χ4v) is 3.06. The van der Waals surface area contributed by atoms with Gasteiger partial charge in [0.2, 0.25) is 5.91 Å². The SMILES string of the molecule is CN=C(NCCC(=O)NC(C)C)NCC(Cc1ccccc1)c1ccccc1. The molecule has 3 N–H and O–H groups in total. The summed E-state index contributed by atoms with van der Waals surface area (Å²) in [4.78, 5) is 16.0. The molecule has 28 heavy (non-hydrogen) atoms. The van der Waals surface area contributed by atoms with Crippen LogP contribution in [0.3, 0.4) is 0 Å². The number of hydrogen-bond acceptors (Lipinski definition) is 2. The summed E-state index contributed by atoms with van der Waals surface area (Å²) in [6, 6.07) is 21.2. The second-order valence-corrected chi connectivity index (χ2v) is 7.15. The molecule has 0 aromatic heterocycles. The lowest BCUT2D eigenvalue weighted by atomic mass is 9.92. The molecule has 5 nitrogen and oxygen atoms in total. The zero-order valence-electron chi connectivity index (χ0n) is 17.1. The number of amides is 1. The molecule has 2 aromatic rings. The zero-order chi connectivity index (χ0) is 20.2. The van der Waals surface area contributed by atoms with Crippen LogP contribution in [0.25, 0.3) is 0 Å². The summed E-state index contributed by atoms with van der Waals surface area (Å²) in [5, 5.41) is 9.53. The first kappa shape index (κ1) is 21.5. The highest BCUT2D eigenvalue weighted by Gasteiger charge is 2.13. The Kier molecular flexibility index (Phi) is 9.05. The van der Waals surface area contributed by atoms with Gasteiger partial charge in [0.15, 0.2) is 5.96 Å². The molecule has 1 unspecified atom stereocenters. The normalized spacial score (nSPS) is 12.5. The minimum atomic E-state index is 0.0455. The van der Waals surface area contributed by atoms with Gasteiger partial charge in [-0.15, -0.1) is 0 Å². The van der Waals surface area contributed by atoms with Crippen molar-refractivity contribution in [3.8, 4) is 0 Å². The molecule has 0 saturated carbocycles. The summed E-state index contributed by atoms with van der Waals surface area (Å²) in [6.07, 6.45) is 1.37. The Labute approximate surface area is 168 Å². The maximum atomic E-state index is 11.8. The topological polar surface area (TPSA) is 65.5 Å². The van der Waals surface area contributed by atoms with Crippen LogP contribution in [0, 0.1) is 0 Å². The summed E-state index contributed by atoms with van der Waals surface area (Å²) >= 11 is 0. The van der Waals surface area contributed by atoms with Crippen LogP contribution >= 0.6 is 0 Å². The molecule has 0 bridgehead atoms. The number of nitrogens with zero attached hydrogens (tertiary/aromatic N) is 1. The van der Waals surface area contributed by atoms with Crippen molar-refractivity contribution in [1.82, 2.24) is 16.0 Å². The van der Waals surface area contributed by atoms with Gasteiger partial charge in [-0.2, -0.15) is 0 Å². The molecule has 0 fully saturated rings. The van der Waals surface area contributed by atoms with Crippen LogP contribution in [0.4, 0.5) is 0 Å². The lowest BCUT2D eigenvalue weighted by Gasteiger charge is -2.20. The van der Waals surface area contributed by atoms with E-state index < -0.39 is 0 Å². The van der Waals surface area contributed by atoms with Crippen molar-refractivity contribution < 1.29 is 4.79 Å². The molecular formula is C23H32N4O. The van der Waals surface area contributed by atoms with Crippen LogP contribution in [-0.2, 0) is 11.2 Å². The Morgan fingerprint density at radius 1 is 0.964 bits per heavy atom. The molecule has 0 heterocycles. The van der Waals surface area contributed by atoms with Crippen molar-refractivity contribution in [2.24, 2.45) is 4.99 Å². The molecule has 0 aliphatic carbocycles. The summed E-state index contributed by atoms with van der Waals surface area (Å²) < 4.78 is 0. The van der Waals surface area contributed by atoms with Gasteiger partial charge in [0.1, 0.15) is 0 Å². The molecular weight excluding hydrogens is 348 g/mol. The van der Waals surface area contributed by atoms with E-state index in [2.05, 4.69) is 69.5 Å². The third-order valence-corrected chi connectivity index (χ3v) is 4.43. The van der Waals surface area contributed by atoms with Crippen LogP contribution in [-0.4, -0.2) is 38.0 Å². The third-order valence-electron chi connectivity index (χ3n) is 4.43. The standard InChI is InChI=1S/C23H32N4O/c1-18(2)27-22(28)14-15-25-23(24-3)26-17-21(20-12-8-5-9-13-20)16-19-10-6-4-7-11-19/h4-13,18,21H,14-17H2,1-3H3,(H,27,28)(H2,24,25,26). The Balaban J connectivity index is 1.91. The van der Waals surface area contributed by atoms with E-state index in [4.69, 9.17) is 0 Å². The largest absolute Gasteiger partial charge is 0.356 e. The smallest absolute Gasteiger partial charge is 0.221 e. The van der Waals surface area contributed by atoms with E-state index in [0.29, 0.717) is 24.8 Å². The highest BCUT2D eigenvalue weighted by molar-refractivity contribution is 5.81. The van der Waals surface area contributed by atoms with Crippen molar-refractivity contribution in [3.05, 3.63) is 71.8 Å². The molecule has 0 aliphatic rings. The van der Waals surface area contributed by atoms with Crippen molar-refractivity contribution in [2.45, 2.75) is 38.6 Å². The van der Waals surface area contributed by atoms with Crippen molar-refractivity contribution in [3.63, 3.8) is 0 Å². The maximum absolute atomic E-state index is 11.8. The van der Waals surface area contributed by atoms with Crippen LogP contribution in [0.15, 0.2) is 65.7 Å². The van der Waals surface area contributed by atoms with Gasteiger partial charge in [0, 0.05) is 38.5 Å². The number of hydrogen-bond donors (Lipinski definition) is 3. The van der Waals surface area contributed by atoms with E-state index in [1.807, 2.05) is 26.0 Å². The van der Waals surface area contributed by atoms with Gasteiger partial charge in [-0.1, -0.05) is 60.7 Å². The van der Waals surface area contributed by atoms with Gasteiger partial charge in [-0.05, 0) is 31.4 Å². The second kappa shape index (κ2) is 11.8. The van der Waals surface area contributed by atoms with Gasteiger partial charge >= 0.3 is 0 Å². The summed E-state index contributed by atoms with van der Waals surface area (Å²) in [6.45, 7) is 5.23. The first-order valence-electron chi connectivity index (χ1n) is 9.91. The minimum absolute atomic E-state index is 0.0455. The number of guanidine groups is 1. The predicted octanol–water partition coefficient (Wildman–Crippen LogP) is 3.09. The van der Waals surface area contributed by atoms with Gasteiger partial charge in [0.05, 0.1) is 0 Å². The van der Waals surface area contributed by atoms with E-state index in [1.54, 1.807) is 7.05 Å². The monoisotopic (exact) mass is 380 g/mol. The number of carbonyl (C=O) groups excluding carboxylic acids is 1. The Morgan fingerprint density at radius 3 is 2.21 bits per heavy atom. The fraction of sp³-hybridized carbons (Fsp3) is 0.391. The van der Waals surface area contributed by atoms with Crippen LogP contribution < -0.4 is 16.0 Å². The Hall–Kier alpha value is -2.82. The van der Waals surface area contributed by atoms with E-state index in [-0.39, 0.29) is 11.9 Å². The van der Waals surface area contributed by atoms with E-state index in [0.717, 1.165) is 13.0 Å². The molecule has 0 saturated heterocycles. The number of nitrogens with one attached hydrogen (secondary N) is 3. The quantitative estimate of drug-likeness (QED) is 0.463. The Bertz CT molecular complexity index is 729. The molecule has 0 aliphatic heterocycles. The molecule has 5 heteroatoms. The lowest BCUT2D eigenvalue weighted by Crippen LogP contribution is -2.41. The molecule has 2 rings (SSSR count). The van der Waals surface area contributed by atoms with Crippen LogP contribution in [0.5, 0.6) is 0 Å². The summed E-state index contributed by atoms with van der Waals surface area (Å²) in [7, 11) is 1.75. The van der Waals surface area contributed by atoms with Gasteiger partial charge in [0.25, 0.3) is 0 Å². The van der Waals surface area contributed by atoms with Gasteiger partial charge < -0.3 is 16.0 Å². The highest BCUT2D eigenvalue weighted by Crippen LogP contribution is 2.20. The van der Waals surface area contributed by atoms with E-state index in [9.17, 15) is 4.79 Å². The number of benzene rings is 2. The third kappa shape index (κ3) is 7.82. The average molecular weight is 381 g/mol. The van der Waals surface area contributed by atoms with Crippen molar-refractivity contribution in [1.29, 1.82) is 0 Å². The molecule has 0 radical (unpaired) electrons. The van der Waals surface area contributed by atoms with Crippen molar-refractivity contribution >= 4 is 11.9 Å². The number of rotatable bonds is 9. The second-order valence-electron chi connectivity index (χ2n) is 7.15. The molecule has 1 atom stereocenters. The summed E-state index contributed by atoms with van der Waals surface area (Å²) in [5.74, 6) is 1.09. The van der Waals surface area contributed by atoms with Crippen molar-refractivity contribution in [2.75, 3.05) is 20.1 Å². The predicted molar refractivity (Wildman–Crippen MR) is 117 cm³/mol. The lowest BCUT2D eigenvalue weighted by molar-refractivity contribution is -0.121. The average Bonchev–Trinajstić information content (AvgIpc) is 2.70. The molecule has 1 amide bonds. The fourth-order valence-electron chi connectivity index (χ4n) is 3.06. The first-order valence-corrected chi connectivity index (χ1v) is 9.91. The number of carbonyl (C=O) groups is 1. The van der Waals surface area contributed by atoms with Crippen LogP contribution in [0.2, 0.25) is 0 Å². The molecule has 2 aromatic carbocycles. The highest BCUT2D eigenvalue weighted by atomic mass is 16.1. The molecule has 150 valence electrons. The zero-order valence-corrected chi connectivity index (χ0v) is 17.1. The summed E-state index contributed by atoms with van der Waals surface area (Å²) in [5.41, 5.74) is 2.61.